The lowest BCUT2D eigenvalue weighted by Gasteiger charge is -2.41. The van der Waals surface area contributed by atoms with Crippen molar-refractivity contribution in [2.45, 2.75) is 30.5 Å². The minimum absolute atomic E-state index is 0.000453. The molecule has 5 unspecified atom stereocenters. The van der Waals surface area contributed by atoms with Gasteiger partial charge in [0.2, 0.25) is 5.43 Å². The maximum absolute atomic E-state index is 13.1. The normalized spacial score (nSPS) is 26.3. The molecule has 1 aliphatic rings. The highest BCUT2D eigenvalue weighted by molar-refractivity contribution is 5.86. The van der Waals surface area contributed by atoms with Gasteiger partial charge in [-0.15, -0.1) is 0 Å². The summed E-state index contributed by atoms with van der Waals surface area (Å²) >= 11 is 0. The Labute approximate surface area is 176 Å². The summed E-state index contributed by atoms with van der Waals surface area (Å²) in [5.74, 6) is -0.238. The predicted molar refractivity (Wildman–Crippen MR) is 109 cm³/mol. The molecule has 0 bridgehead atoms. The predicted octanol–water partition coefficient (Wildman–Crippen LogP) is 1.04. The van der Waals surface area contributed by atoms with Gasteiger partial charge in [0.1, 0.15) is 53.9 Å². The van der Waals surface area contributed by atoms with Gasteiger partial charge in [-0.05, 0) is 29.8 Å². The molecule has 0 amide bonds. The van der Waals surface area contributed by atoms with Gasteiger partial charge in [-0.3, -0.25) is 4.79 Å². The van der Waals surface area contributed by atoms with E-state index in [4.69, 9.17) is 13.9 Å². The number of hydrogen-bond donors (Lipinski definition) is 5. The fourth-order valence-corrected chi connectivity index (χ4v) is 3.93. The second-order valence-electron chi connectivity index (χ2n) is 7.36. The van der Waals surface area contributed by atoms with Crippen LogP contribution in [0, 0.1) is 0 Å². The number of fused-ring (bicyclic) bond motifs is 1. The Kier molecular flexibility index (Phi) is 5.69. The van der Waals surface area contributed by atoms with Crippen LogP contribution in [0.25, 0.3) is 22.1 Å². The van der Waals surface area contributed by atoms with E-state index < -0.39 is 37.1 Å². The third kappa shape index (κ3) is 3.56. The highest BCUT2D eigenvalue weighted by atomic mass is 16.6. The van der Waals surface area contributed by atoms with Gasteiger partial charge in [0.15, 0.2) is 0 Å². The summed E-state index contributed by atoms with van der Waals surface area (Å²) in [4.78, 5) is 13.1. The first-order chi connectivity index (χ1) is 14.9. The second kappa shape index (κ2) is 8.29. The maximum atomic E-state index is 13.1. The average molecular weight is 430 g/mol. The number of aliphatic hydroxyl groups is 3. The molecule has 4 rings (SSSR count). The molecule has 1 aromatic heterocycles. The summed E-state index contributed by atoms with van der Waals surface area (Å²) in [6.45, 7) is -0.551. The molecule has 5 atom stereocenters. The number of phenolic OH excluding ortho intramolecular Hbond substituents is 2. The molecule has 3 aromatic rings. The van der Waals surface area contributed by atoms with E-state index in [1.165, 1.54) is 37.6 Å². The molecule has 5 N–H and O–H groups in total. The van der Waals surface area contributed by atoms with E-state index in [9.17, 15) is 30.3 Å². The van der Waals surface area contributed by atoms with Gasteiger partial charge in [0.25, 0.3) is 0 Å². The first-order valence-electron chi connectivity index (χ1n) is 9.59. The average Bonchev–Trinajstić information content (AvgIpc) is 2.76. The number of rotatable bonds is 4. The second-order valence-corrected chi connectivity index (χ2v) is 7.36. The van der Waals surface area contributed by atoms with E-state index in [1.54, 1.807) is 12.1 Å². The first kappa shape index (κ1) is 21.3. The molecule has 0 spiro atoms. The minimum Gasteiger partial charge on any atom is -0.508 e. The summed E-state index contributed by atoms with van der Waals surface area (Å²) in [6, 6.07) is 8.70. The summed E-state index contributed by atoms with van der Waals surface area (Å²) < 4.78 is 16.5. The van der Waals surface area contributed by atoms with Crippen molar-refractivity contribution in [3.63, 3.8) is 0 Å². The Morgan fingerprint density at radius 2 is 1.74 bits per heavy atom. The number of phenols is 2. The zero-order chi connectivity index (χ0) is 22.3. The lowest BCUT2D eigenvalue weighted by atomic mass is 9.89. The number of benzene rings is 2. The Morgan fingerprint density at radius 1 is 1.03 bits per heavy atom. The third-order valence-electron chi connectivity index (χ3n) is 5.56. The number of methoxy groups -OCH3 is 1. The summed E-state index contributed by atoms with van der Waals surface area (Å²) in [7, 11) is 1.29. The molecule has 1 saturated heterocycles. The number of hydrogen-bond acceptors (Lipinski definition) is 9. The monoisotopic (exact) mass is 430 g/mol. The van der Waals surface area contributed by atoms with Crippen molar-refractivity contribution in [3.8, 4) is 22.6 Å². The minimum atomic E-state index is -1.42. The summed E-state index contributed by atoms with van der Waals surface area (Å²) in [5, 5.41) is 50.7. The van der Waals surface area contributed by atoms with Crippen molar-refractivity contribution in [3.05, 3.63) is 58.4 Å². The molecule has 9 heteroatoms. The van der Waals surface area contributed by atoms with Crippen LogP contribution in [0.4, 0.5) is 0 Å². The molecule has 2 aromatic carbocycles. The quantitative estimate of drug-likeness (QED) is 0.409. The molecular formula is C22H22O9. The van der Waals surface area contributed by atoms with E-state index in [2.05, 4.69) is 0 Å². The molecule has 0 aliphatic carbocycles. The van der Waals surface area contributed by atoms with Crippen LogP contribution in [0.1, 0.15) is 11.7 Å². The van der Waals surface area contributed by atoms with Crippen LogP contribution in [0.3, 0.4) is 0 Å². The van der Waals surface area contributed by atoms with Crippen molar-refractivity contribution >= 4 is 11.0 Å². The zero-order valence-electron chi connectivity index (χ0n) is 16.5. The smallest absolute Gasteiger partial charge is 0.200 e. The molecule has 0 radical (unpaired) electrons. The Balaban J connectivity index is 1.87. The lowest BCUT2D eigenvalue weighted by Crippen LogP contribution is -2.56. The van der Waals surface area contributed by atoms with Crippen molar-refractivity contribution in [1.29, 1.82) is 0 Å². The molecule has 0 saturated carbocycles. The van der Waals surface area contributed by atoms with Gasteiger partial charge >= 0.3 is 0 Å². The molecule has 1 aliphatic heterocycles. The maximum Gasteiger partial charge on any atom is 0.200 e. The molecule has 164 valence electrons. The zero-order valence-corrected chi connectivity index (χ0v) is 16.5. The van der Waals surface area contributed by atoms with Crippen LogP contribution in [0.15, 0.2) is 51.9 Å². The van der Waals surface area contributed by atoms with Crippen molar-refractivity contribution in [2.24, 2.45) is 0 Å². The Hall–Kier alpha value is -2.95. The highest BCUT2D eigenvalue weighted by Crippen LogP contribution is 2.41. The SMILES string of the molecule is COC1C(O)C(CO)OC(c2c(O)ccc3c(=O)c(-c4ccc(O)cc4)coc23)C1O. The standard InChI is InChI=1S/C22H22O9/c1-29-22-18(27)15(8-23)31-21(19(22)28)16-14(25)7-6-12-17(26)13(9-30-20(12)16)10-2-4-11(24)5-3-10/h2-7,9,15,18-19,21-25,27-28H,8H2,1H3. The fourth-order valence-electron chi connectivity index (χ4n) is 3.93. The molecular weight excluding hydrogens is 408 g/mol. The van der Waals surface area contributed by atoms with Crippen LogP contribution in [-0.4, -0.2) is 63.7 Å². The van der Waals surface area contributed by atoms with Gasteiger partial charge in [-0.25, -0.2) is 0 Å². The van der Waals surface area contributed by atoms with Crippen molar-refractivity contribution < 1.29 is 39.4 Å². The lowest BCUT2D eigenvalue weighted by molar-refractivity contribution is -0.238. The molecule has 2 heterocycles. The molecule has 9 nitrogen and oxygen atoms in total. The first-order valence-corrected chi connectivity index (χ1v) is 9.59. The largest absolute Gasteiger partial charge is 0.508 e. The number of ether oxygens (including phenoxy) is 2. The summed E-state index contributed by atoms with van der Waals surface area (Å²) in [5.41, 5.74) is 0.388. The van der Waals surface area contributed by atoms with E-state index in [0.717, 1.165) is 0 Å². The topological polar surface area (TPSA) is 150 Å². The molecule has 1 fully saturated rings. The van der Waals surface area contributed by atoms with E-state index in [-0.39, 0.29) is 39.0 Å². The van der Waals surface area contributed by atoms with Gasteiger partial charge in [-0.1, -0.05) is 12.1 Å². The van der Waals surface area contributed by atoms with E-state index in [0.29, 0.717) is 5.56 Å². The van der Waals surface area contributed by atoms with Crippen LogP contribution in [0.5, 0.6) is 11.5 Å². The van der Waals surface area contributed by atoms with Crippen LogP contribution >= 0.6 is 0 Å². The van der Waals surface area contributed by atoms with Crippen LogP contribution < -0.4 is 5.43 Å². The van der Waals surface area contributed by atoms with Gasteiger partial charge in [-0.2, -0.15) is 0 Å². The highest BCUT2D eigenvalue weighted by Gasteiger charge is 2.46. The summed E-state index contributed by atoms with van der Waals surface area (Å²) in [6.07, 6.45) is -4.92. The van der Waals surface area contributed by atoms with E-state index >= 15 is 0 Å². The molecule has 31 heavy (non-hydrogen) atoms. The van der Waals surface area contributed by atoms with Crippen molar-refractivity contribution in [1.82, 2.24) is 0 Å². The van der Waals surface area contributed by atoms with Crippen molar-refractivity contribution in [2.75, 3.05) is 13.7 Å². The van der Waals surface area contributed by atoms with Gasteiger partial charge < -0.3 is 39.4 Å². The number of aromatic hydroxyl groups is 2. The van der Waals surface area contributed by atoms with E-state index in [1.807, 2.05) is 0 Å². The van der Waals surface area contributed by atoms with Crippen LogP contribution in [-0.2, 0) is 9.47 Å². The Bertz CT molecular complexity index is 1140. The van der Waals surface area contributed by atoms with Gasteiger partial charge in [0.05, 0.1) is 23.1 Å². The third-order valence-corrected chi connectivity index (χ3v) is 5.56. The van der Waals surface area contributed by atoms with Crippen LogP contribution in [0.2, 0.25) is 0 Å². The fraction of sp³-hybridized carbons (Fsp3) is 0.318. The van der Waals surface area contributed by atoms with Gasteiger partial charge in [0, 0.05) is 7.11 Å². The Morgan fingerprint density at radius 3 is 2.39 bits per heavy atom. The number of aliphatic hydroxyl groups excluding tert-OH is 3.